The molecule has 3 aromatic rings. The van der Waals surface area contributed by atoms with Crippen LogP contribution in [-0.2, 0) is 17.8 Å². The van der Waals surface area contributed by atoms with Crippen LogP contribution in [0.25, 0.3) is 11.4 Å². The van der Waals surface area contributed by atoms with Crippen LogP contribution in [-0.4, -0.2) is 39.1 Å². The molecular weight excluding hydrogens is 356 g/mol. The smallest absolute Gasteiger partial charge is 0.227 e. The van der Waals surface area contributed by atoms with Crippen molar-refractivity contribution in [1.29, 1.82) is 0 Å². The molecule has 1 aliphatic rings. The summed E-state index contributed by atoms with van der Waals surface area (Å²) in [6, 6.07) is 11.7. The second kappa shape index (κ2) is 8.21. The van der Waals surface area contributed by atoms with E-state index in [2.05, 4.69) is 15.1 Å². The topological polar surface area (TPSA) is 81.4 Å². The van der Waals surface area contributed by atoms with Gasteiger partial charge < -0.3 is 14.2 Å². The second-order valence-electron chi connectivity index (χ2n) is 6.85. The molecule has 4 rings (SSSR count). The lowest BCUT2D eigenvalue weighted by Gasteiger charge is -2.22. The number of benzene rings is 1. The number of pyridine rings is 1. The fourth-order valence-corrected chi connectivity index (χ4v) is 3.06. The van der Waals surface area contributed by atoms with Crippen LogP contribution in [0.3, 0.4) is 0 Å². The quantitative estimate of drug-likeness (QED) is 0.598. The Balaban J connectivity index is 1.36. The molecule has 144 valence electrons. The van der Waals surface area contributed by atoms with Crippen molar-refractivity contribution in [2.24, 2.45) is 0 Å². The minimum Gasteiger partial charge on any atom is -0.497 e. The van der Waals surface area contributed by atoms with Crippen molar-refractivity contribution in [3.8, 4) is 17.1 Å². The van der Waals surface area contributed by atoms with Crippen LogP contribution in [0.5, 0.6) is 5.75 Å². The summed E-state index contributed by atoms with van der Waals surface area (Å²) in [7, 11) is 1.62. The highest BCUT2D eigenvalue weighted by Gasteiger charge is 2.32. The number of methoxy groups -OCH3 is 1. The zero-order chi connectivity index (χ0) is 19.3. The van der Waals surface area contributed by atoms with Crippen LogP contribution in [0, 0.1) is 0 Å². The Hall–Kier alpha value is -3.22. The molecule has 0 N–H and O–H groups in total. The number of amides is 1. The summed E-state index contributed by atoms with van der Waals surface area (Å²) in [6.45, 7) is 0.618. The van der Waals surface area contributed by atoms with E-state index in [0.29, 0.717) is 37.1 Å². The molecule has 1 saturated carbocycles. The van der Waals surface area contributed by atoms with Gasteiger partial charge in [-0.15, -0.1) is 0 Å². The van der Waals surface area contributed by atoms with Crippen molar-refractivity contribution in [3.63, 3.8) is 0 Å². The van der Waals surface area contributed by atoms with E-state index in [1.807, 2.05) is 41.3 Å². The predicted molar refractivity (Wildman–Crippen MR) is 102 cm³/mol. The fourth-order valence-electron chi connectivity index (χ4n) is 3.06. The number of hydrogen-bond donors (Lipinski definition) is 0. The third-order valence-corrected chi connectivity index (χ3v) is 4.78. The maximum Gasteiger partial charge on any atom is 0.227 e. The summed E-state index contributed by atoms with van der Waals surface area (Å²) in [5, 5.41) is 4.02. The second-order valence-corrected chi connectivity index (χ2v) is 6.85. The summed E-state index contributed by atoms with van der Waals surface area (Å²) in [6.07, 6.45) is 6.43. The van der Waals surface area contributed by atoms with Gasteiger partial charge >= 0.3 is 0 Å². The van der Waals surface area contributed by atoms with Crippen molar-refractivity contribution >= 4 is 5.91 Å². The lowest BCUT2D eigenvalue weighted by Crippen LogP contribution is -2.32. The summed E-state index contributed by atoms with van der Waals surface area (Å²) in [4.78, 5) is 23.2. The SMILES string of the molecule is COc1ccc(-c2noc(CCC(=O)N(Cc3ccncc3)C3CC3)n2)cc1. The van der Waals surface area contributed by atoms with Gasteiger partial charge in [0.1, 0.15) is 5.75 Å². The molecule has 0 aliphatic heterocycles. The first-order valence-electron chi connectivity index (χ1n) is 9.38. The highest BCUT2D eigenvalue weighted by molar-refractivity contribution is 5.77. The monoisotopic (exact) mass is 378 g/mol. The van der Waals surface area contributed by atoms with Crippen LogP contribution < -0.4 is 4.74 Å². The van der Waals surface area contributed by atoms with Gasteiger partial charge in [0.2, 0.25) is 17.6 Å². The number of aromatic nitrogens is 3. The third-order valence-electron chi connectivity index (χ3n) is 4.78. The van der Waals surface area contributed by atoms with E-state index in [0.717, 1.165) is 29.7 Å². The Morgan fingerprint density at radius 2 is 1.93 bits per heavy atom. The molecule has 1 amide bonds. The molecule has 0 radical (unpaired) electrons. The standard InChI is InChI=1S/C21H22N4O3/c1-27-18-6-2-16(3-7-18)21-23-19(28-24-21)8-9-20(26)25(17-4-5-17)14-15-10-12-22-13-11-15/h2-3,6-7,10-13,17H,4-5,8-9,14H2,1H3. The number of nitrogens with zero attached hydrogens (tertiary/aromatic N) is 4. The number of hydrogen-bond acceptors (Lipinski definition) is 6. The normalized spacial score (nSPS) is 13.3. The molecule has 28 heavy (non-hydrogen) atoms. The molecular formula is C21H22N4O3. The Labute approximate surface area is 163 Å². The van der Waals surface area contributed by atoms with E-state index >= 15 is 0 Å². The Morgan fingerprint density at radius 1 is 1.18 bits per heavy atom. The summed E-state index contributed by atoms with van der Waals surface area (Å²) >= 11 is 0. The summed E-state index contributed by atoms with van der Waals surface area (Å²) in [5.41, 5.74) is 1.94. The zero-order valence-corrected chi connectivity index (χ0v) is 15.7. The van der Waals surface area contributed by atoms with Gasteiger partial charge in [0, 0.05) is 43.4 Å². The van der Waals surface area contributed by atoms with E-state index in [9.17, 15) is 4.79 Å². The van der Waals surface area contributed by atoms with Crippen molar-refractivity contribution in [3.05, 3.63) is 60.2 Å². The van der Waals surface area contributed by atoms with Gasteiger partial charge in [-0.2, -0.15) is 4.98 Å². The van der Waals surface area contributed by atoms with Crippen molar-refractivity contribution in [2.75, 3.05) is 7.11 Å². The van der Waals surface area contributed by atoms with Crippen LogP contribution in [0.4, 0.5) is 0 Å². The van der Waals surface area contributed by atoms with E-state index < -0.39 is 0 Å². The Kier molecular flexibility index (Phi) is 5.32. The molecule has 0 bridgehead atoms. The Bertz CT molecular complexity index is 920. The molecule has 7 nitrogen and oxygen atoms in total. The molecule has 0 spiro atoms. The van der Waals surface area contributed by atoms with E-state index in [1.165, 1.54) is 0 Å². The molecule has 0 unspecified atom stereocenters. The molecule has 1 aromatic carbocycles. The number of aryl methyl sites for hydroxylation is 1. The third kappa shape index (κ3) is 4.36. The summed E-state index contributed by atoms with van der Waals surface area (Å²) < 4.78 is 10.5. The number of carbonyl (C=O) groups excluding carboxylic acids is 1. The average molecular weight is 378 g/mol. The Morgan fingerprint density at radius 3 is 2.61 bits per heavy atom. The molecule has 0 atom stereocenters. The lowest BCUT2D eigenvalue weighted by molar-refractivity contribution is -0.132. The van der Waals surface area contributed by atoms with Gasteiger partial charge in [0.25, 0.3) is 0 Å². The highest BCUT2D eigenvalue weighted by Crippen LogP contribution is 2.29. The molecule has 2 aromatic heterocycles. The molecule has 1 aliphatic carbocycles. The first-order valence-corrected chi connectivity index (χ1v) is 9.38. The largest absolute Gasteiger partial charge is 0.497 e. The number of carbonyl (C=O) groups is 1. The van der Waals surface area contributed by atoms with Gasteiger partial charge in [-0.05, 0) is 54.8 Å². The van der Waals surface area contributed by atoms with E-state index in [4.69, 9.17) is 9.26 Å². The maximum atomic E-state index is 12.8. The van der Waals surface area contributed by atoms with E-state index in [-0.39, 0.29) is 5.91 Å². The fraction of sp³-hybridized carbons (Fsp3) is 0.333. The van der Waals surface area contributed by atoms with Crippen molar-refractivity contribution in [2.45, 2.75) is 38.3 Å². The number of rotatable bonds is 8. The van der Waals surface area contributed by atoms with Crippen LogP contribution in [0.15, 0.2) is 53.3 Å². The van der Waals surface area contributed by atoms with Crippen LogP contribution in [0.2, 0.25) is 0 Å². The first kappa shape index (κ1) is 18.2. The lowest BCUT2D eigenvalue weighted by atomic mass is 10.2. The molecule has 0 saturated heterocycles. The van der Waals surface area contributed by atoms with Gasteiger partial charge in [-0.25, -0.2) is 0 Å². The zero-order valence-electron chi connectivity index (χ0n) is 15.7. The predicted octanol–water partition coefficient (Wildman–Crippen LogP) is 3.26. The van der Waals surface area contributed by atoms with Crippen LogP contribution >= 0.6 is 0 Å². The minimum atomic E-state index is 0.114. The van der Waals surface area contributed by atoms with Gasteiger partial charge in [-0.3, -0.25) is 9.78 Å². The molecule has 2 heterocycles. The number of ether oxygens (including phenoxy) is 1. The van der Waals surface area contributed by atoms with Crippen molar-refractivity contribution in [1.82, 2.24) is 20.0 Å². The van der Waals surface area contributed by atoms with Crippen molar-refractivity contribution < 1.29 is 14.1 Å². The van der Waals surface area contributed by atoms with Gasteiger partial charge in [0.15, 0.2) is 0 Å². The maximum absolute atomic E-state index is 12.8. The first-order chi connectivity index (χ1) is 13.7. The average Bonchev–Trinajstić information content (AvgIpc) is 3.48. The van der Waals surface area contributed by atoms with Gasteiger partial charge in [-0.1, -0.05) is 5.16 Å². The van der Waals surface area contributed by atoms with E-state index in [1.54, 1.807) is 19.5 Å². The minimum absolute atomic E-state index is 0.114. The molecule has 7 heteroatoms. The van der Waals surface area contributed by atoms with Crippen LogP contribution in [0.1, 0.15) is 30.7 Å². The summed E-state index contributed by atoms with van der Waals surface area (Å²) in [5.74, 6) is 1.87. The highest BCUT2D eigenvalue weighted by atomic mass is 16.5. The molecule has 1 fully saturated rings. The van der Waals surface area contributed by atoms with Gasteiger partial charge in [0.05, 0.1) is 7.11 Å².